The van der Waals surface area contributed by atoms with Gasteiger partial charge in [-0.3, -0.25) is 4.79 Å². The summed E-state index contributed by atoms with van der Waals surface area (Å²) in [6.07, 6.45) is 0. The SMILES string of the molecule is CC(=O)N(Cl)c1c(C)cc(Cl)cc1Cl. The Morgan fingerprint density at radius 1 is 1.36 bits per heavy atom. The quantitative estimate of drug-likeness (QED) is 0.696. The summed E-state index contributed by atoms with van der Waals surface area (Å²) < 4.78 is 0.980. The molecule has 0 bridgehead atoms. The summed E-state index contributed by atoms with van der Waals surface area (Å²) in [7, 11) is 0. The normalized spacial score (nSPS) is 10.1. The molecule has 76 valence electrons. The Balaban J connectivity index is 3.27. The van der Waals surface area contributed by atoms with Gasteiger partial charge in [0.05, 0.1) is 10.7 Å². The summed E-state index contributed by atoms with van der Waals surface area (Å²) in [6, 6.07) is 3.24. The highest BCUT2D eigenvalue weighted by Crippen LogP contribution is 2.33. The van der Waals surface area contributed by atoms with Crippen molar-refractivity contribution in [2.45, 2.75) is 13.8 Å². The van der Waals surface area contributed by atoms with Crippen LogP contribution in [0.5, 0.6) is 0 Å². The first-order chi connectivity index (χ1) is 6.43. The van der Waals surface area contributed by atoms with Gasteiger partial charge in [0, 0.05) is 23.7 Å². The third-order valence-electron chi connectivity index (χ3n) is 1.69. The highest BCUT2D eigenvalue weighted by molar-refractivity contribution is 6.42. The summed E-state index contributed by atoms with van der Waals surface area (Å²) in [6.45, 7) is 3.14. The molecule has 14 heavy (non-hydrogen) atoms. The lowest BCUT2D eigenvalue weighted by atomic mass is 10.2. The van der Waals surface area contributed by atoms with Crippen LogP contribution in [0.2, 0.25) is 10.0 Å². The molecule has 5 heteroatoms. The fourth-order valence-electron chi connectivity index (χ4n) is 1.10. The van der Waals surface area contributed by atoms with Crippen molar-refractivity contribution in [3.05, 3.63) is 27.7 Å². The van der Waals surface area contributed by atoms with Crippen LogP contribution in [0.1, 0.15) is 12.5 Å². The fraction of sp³-hybridized carbons (Fsp3) is 0.222. The Morgan fingerprint density at radius 3 is 2.36 bits per heavy atom. The third-order valence-corrected chi connectivity index (χ3v) is 2.60. The van der Waals surface area contributed by atoms with Crippen LogP contribution < -0.4 is 4.42 Å². The zero-order chi connectivity index (χ0) is 10.9. The number of hydrogen-bond acceptors (Lipinski definition) is 1. The average Bonchev–Trinajstić information content (AvgIpc) is 2.01. The smallest absolute Gasteiger partial charge is 0.238 e. The molecule has 0 aliphatic carbocycles. The summed E-state index contributed by atoms with van der Waals surface area (Å²) >= 11 is 17.4. The topological polar surface area (TPSA) is 20.3 Å². The maximum Gasteiger partial charge on any atom is 0.238 e. The van der Waals surface area contributed by atoms with Gasteiger partial charge in [-0.1, -0.05) is 23.2 Å². The van der Waals surface area contributed by atoms with Crippen molar-refractivity contribution in [1.29, 1.82) is 0 Å². The van der Waals surface area contributed by atoms with E-state index in [1.807, 2.05) is 0 Å². The number of aryl methyl sites for hydroxylation is 1. The van der Waals surface area contributed by atoms with Gasteiger partial charge in [-0.2, -0.15) is 0 Å². The number of nitrogens with zero attached hydrogens (tertiary/aromatic N) is 1. The van der Waals surface area contributed by atoms with Gasteiger partial charge in [0.15, 0.2) is 0 Å². The van der Waals surface area contributed by atoms with Gasteiger partial charge in [0.1, 0.15) is 0 Å². The first-order valence-corrected chi connectivity index (χ1v) is 4.95. The van der Waals surface area contributed by atoms with Gasteiger partial charge >= 0.3 is 0 Å². The molecular formula is C9H8Cl3NO. The van der Waals surface area contributed by atoms with E-state index in [9.17, 15) is 4.79 Å². The second kappa shape index (κ2) is 4.39. The van der Waals surface area contributed by atoms with Crippen LogP contribution in [-0.2, 0) is 4.79 Å². The van der Waals surface area contributed by atoms with E-state index < -0.39 is 0 Å². The lowest BCUT2D eigenvalue weighted by Crippen LogP contribution is -2.17. The van der Waals surface area contributed by atoms with E-state index in [0.717, 1.165) is 9.98 Å². The molecule has 0 heterocycles. The van der Waals surface area contributed by atoms with Gasteiger partial charge in [-0.25, -0.2) is 4.42 Å². The number of benzene rings is 1. The molecule has 0 unspecified atom stereocenters. The van der Waals surface area contributed by atoms with Crippen molar-refractivity contribution < 1.29 is 4.79 Å². The summed E-state index contributed by atoms with van der Waals surface area (Å²) in [4.78, 5) is 11.0. The molecule has 0 aliphatic rings. The second-order valence-electron chi connectivity index (χ2n) is 2.85. The Bertz CT molecular complexity index is 355. The van der Waals surface area contributed by atoms with Crippen molar-refractivity contribution >= 4 is 46.6 Å². The van der Waals surface area contributed by atoms with Crippen LogP contribution >= 0.6 is 35.0 Å². The molecule has 1 aromatic carbocycles. The van der Waals surface area contributed by atoms with Crippen LogP contribution in [0, 0.1) is 6.92 Å². The molecule has 0 spiro atoms. The molecule has 0 atom stereocenters. The van der Waals surface area contributed by atoms with E-state index in [1.165, 1.54) is 6.92 Å². The highest BCUT2D eigenvalue weighted by Gasteiger charge is 2.15. The first kappa shape index (κ1) is 11.6. The van der Waals surface area contributed by atoms with Crippen LogP contribution in [0.25, 0.3) is 0 Å². The summed E-state index contributed by atoms with van der Waals surface area (Å²) in [5.41, 5.74) is 1.23. The van der Waals surface area contributed by atoms with Gasteiger partial charge in [-0.05, 0) is 24.6 Å². The number of carbonyl (C=O) groups is 1. The number of carbonyl (C=O) groups excluding carboxylic acids is 1. The van der Waals surface area contributed by atoms with E-state index in [1.54, 1.807) is 19.1 Å². The minimum Gasteiger partial charge on any atom is -0.274 e. The fourth-order valence-corrected chi connectivity index (χ4v) is 2.05. The van der Waals surface area contributed by atoms with Crippen molar-refractivity contribution in [1.82, 2.24) is 0 Å². The number of anilines is 1. The minimum atomic E-state index is -0.293. The maximum atomic E-state index is 11.0. The second-order valence-corrected chi connectivity index (χ2v) is 4.03. The number of rotatable bonds is 1. The zero-order valence-corrected chi connectivity index (χ0v) is 9.91. The van der Waals surface area contributed by atoms with Crippen molar-refractivity contribution in [2.24, 2.45) is 0 Å². The molecule has 0 aromatic heterocycles. The highest BCUT2D eigenvalue weighted by atomic mass is 35.5. The Labute approximate surface area is 97.5 Å². The van der Waals surface area contributed by atoms with E-state index in [0.29, 0.717) is 15.7 Å². The molecule has 0 saturated carbocycles. The van der Waals surface area contributed by atoms with Crippen LogP contribution in [-0.4, -0.2) is 5.91 Å². The zero-order valence-electron chi connectivity index (χ0n) is 7.64. The summed E-state index contributed by atoms with van der Waals surface area (Å²) in [5, 5.41) is 0.880. The van der Waals surface area contributed by atoms with Crippen molar-refractivity contribution in [3.63, 3.8) is 0 Å². The maximum absolute atomic E-state index is 11.0. The van der Waals surface area contributed by atoms with E-state index in [4.69, 9.17) is 35.0 Å². The van der Waals surface area contributed by atoms with Crippen LogP contribution in [0.4, 0.5) is 5.69 Å². The third kappa shape index (κ3) is 2.32. The van der Waals surface area contributed by atoms with Crippen molar-refractivity contribution in [2.75, 3.05) is 4.42 Å². The van der Waals surface area contributed by atoms with E-state index >= 15 is 0 Å². The lowest BCUT2D eigenvalue weighted by Gasteiger charge is -2.16. The van der Waals surface area contributed by atoms with Gasteiger partial charge in [0.2, 0.25) is 5.91 Å². The molecular weight excluding hydrogens is 244 g/mol. The van der Waals surface area contributed by atoms with E-state index in [2.05, 4.69) is 0 Å². The molecule has 0 N–H and O–H groups in total. The lowest BCUT2D eigenvalue weighted by molar-refractivity contribution is -0.115. The number of halogens is 3. The van der Waals surface area contributed by atoms with Crippen LogP contribution in [0.3, 0.4) is 0 Å². The Kier molecular flexibility index (Phi) is 3.65. The van der Waals surface area contributed by atoms with Gasteiger partial charge in [-0.15, -0.1) is 0 Å². The monoisotopic (exact) mass is 251 g/mol. The molecule has 1 amide bonds. The standard InChI is InChI=1S/C9H8Cl3NO/c1-5-3-7(10)4-8(11)9(5)13(12)6(2)14/h3-4H,1-2H3. The summed E-state index contributed by atoms with van der Waals surface area (Å²) in [5.74, 6) is -0.293. The Morgan fingerprint density at radius 2 is 1.93 bits per heavy atom. The number of amides is 1. The minimum absolute atomic E-state index is 0.293. The van der Waals surface area contributed by atoms with E-state index in [-0.39, 0.29) is 5.91 Å². The van der Waals surface area contributed by atoms with Crippen LogP contribution in [0.15, 0.2) is 12.1 Å². The molecule has 2 nitrogen and oxygen atoms in total. The average molecular weight is 253 g/mol. The first-order valence-electron chi connectivity index (χ1n) is 3.85. The number of hydrogen-bond donors (Lipinski definition) is 0. The largest absolute Gasteiger partial charge is 0.274 e. The molecule has 0 saturated heterocycles. The Hall–Kier alpha value is -0.440. The van der Waals surface area contributed by atoms with Gasteiger partial charge in [0.25, 0.3) is 0 Å². The van der Waals surface area contributed by atoms with Crippen molar-refractivity contribution in [3.8, 4) is 0 Å². The molecule has 1 aromatic rings. The molecule has 0 fully saturated rings. The predicted octanol–water partition coefficient (Wildman–Crippen LogP) is 3.81. The molecule has 1 rings (SSSR count). The predicted molar refractivity (Wildman–Crippen MR) is 60.2 cm³/mol. The van der Waals surface area contributed by atoms with Gasteiger partial charge < -0.3 is 0 Å². The molecule has 0 radical (unpaired) electrons. The molecule has 0 aliphatic heterocycles.